The number of hydrogen-bond donors (Lipinski definition) is 1. The van der Waals surface area contributed by atoms with Gasteiger partial charge in [-0.2, -0.15) is 0 Å². The third-order valence-corrected chi connectivity index (χ3v) is 4.01. The molecule has 3 aromatic carbocycles. The molecule has 0 aromatic heterocycles. The van der Waals surface area contributed by atoms with Gasteiger partial charge in [-0.3, -0.25) is 4.79 Å². The first-order valence-electron chi connectivity index (χ1n) is 8.65. The summed E-state index contributed by atoms with van der Waals surface area (Å²) in [5.41, 5.74) is 1.99. The Morgan fingerprint density at radius 2 is 1.68 bits per heavy atom. The highest BCUT2D eigenvalue weighted by molar-refractivity contribution is 5.91. The third-order valence-electron chi connectivity index (χ3n) is 4.01. The van der Waals surface area contributed by atoms with Crippen LogP contribution in [0.15, 0.2) is 66.7 Å². The van der Waals surface area contributed by atoms with Crippen LogP contribution in [0.5, 0.6) is 5.75 Å². The molecular formula is C22H23NO2. The fourth-order valence-electron chi connectivity index (χ4n) is 2.87. The van der Waals surface area contributed by atoms with E-state index in [1.165, 1.54) is 16.3 Å². The van der Waals surface area contributed by atoms with Crippen LogP contribution in [0.4, 0.5) is 5.69 Å². The number of rotatable bonds is 6. The summed E-state index contributed by atoms with van der Waals surface area (Å²) < 4.78 is 5.61. The van der Waals surface area contributed by atoms with Gasteiger partial charge in [0.1, 0.15) is 5.75 Å². The Bertz CT molecular complexity index is 848. The maximum Gasteiger partial charge on any atom is 0.224 e. The van der Waals surface area contributed by atoms with Gasteiger partial charge in [0.25, 0.3) is 0 Å². The Morgan fingerprint density at radius 1 is 0.960 bits per heavy atom. The van der Waals surface area contributed by atoms with Gasteiger partial charge < -0.3 is 10.1 Å². The molecule has 0 saturated heterocycles. The third kappa shape index (κ3) is 4.60. The molecule has 0 bridgehead atoms. The fraction of sp³-hybridized carbons (Fsp3) is 0.227. The molecule has 3 heteroatoms. The van der Waals surface area contributed by atoms with Gasteiger partial charge >= 0.3 is 0 Å². The predicted octanol–water partition coefficient (Wildman–Crippen LogP) is 5.20. The highest BCUT2D eigenvalue weighted by Gasteiger charge is 2.06. The summed E-state index contributed by atoms with van der Waals surface area (Å²) in [6.07, 6.45) is 1.32. The summed E-state index contributed by atoms with van der Waals surface area (Å²) in [6, 6.07) is 22.0. The van der Waals surface area contributed by atoms with Crippen LogP contribution in [0.2, 0.25) is 0 Å². The Hall–Kier alpha value is -2.81. The summed E-state index contributed by atoms with van der Waals surface area (Å²) >= 11 is 0. The van der Waals surface area contributed by atoms with Crippen LogP contribution in [0.3, 0.4) is 0 Å². The molecule has 0 aliphatic carbocycles. The molecule has 1 N–H and O–H groups in total. The smallest absolute Gasteiger partial charge is 0.224 e. The first-order valence-corrected chi connectivity index (χ1v) is 8.65. The minimum atomic E-state index is 0.0189. The van der Waals surface area contributed by atoms with E-state index >= 15 is 0 Å². The molecule has 3 aromatic rings. The second-order valence-electron chi connectivity index (χ2n) is 6.38. The Balaban J connectivity index is 1.59. The minimum Gasteiger partial charge on any atom is -0.491 e. The van der Waals surface area contributed by atoms with E-state index in [1.54, 1.807) is 0 Å². The Labute approximate surface area is 148 Å². The number of ether oxygens (including phenoxy) is 1. The molecule has 0 radical (unpaired) electrons. The van der Waals surface area contributed by atoms with Crippen molar-refractivity contribution in [2.75, 3.05) is 5.32 Å². The largest absolute Gasteiger partial charge is 0.491 e. The summed E-state index contributed by atoms with van der Waals surface area (Å²) in [5, 5.41) is 5.37. The number of amides is 1. The lowest BCUT2D eigenvalue weighted by Gasteiger charge is -2.11. The first-order chi connectivity index (χ1) is 12.1. The van der Waals surface area contributed by atoms with E-state index in [-0.39, 0.29) is 12.0 Å². The summed E-state index contributed by atoms with van der Waals surface area (Å²) in [6.45, 7) is 3.98. The molecule has 3 rings (SSSR count). The topological polar surface area (TPSA) is 38.3 Å². The normalized spacial score (nSPS) is 10.8. The summed E-state index contributed by atoms with van der Waals surface area (Å²) in [4.78, 5) is 12.2. The van der Waals surface area contributed by atoms with E-state index in [2.05, 4.69) is 29.6 Å². The first kappa shape index (κ1) is 17.0. The second kappa shape index (κ2) is 7.84. The number of carbonyl (C=O) groups excluding carboxylic acids is 1. The molecule has 0 spiro atoms. The summed E-state index contributed by atoms with van der Waals surface area (Å²) in [7, 11) is 0. The van der Waals surface area contributed by atoms with Gasteiger partial charge in [-0.05, 0) is 60.9 Å². The molecule has 1 amide bonds. The fourth-order valence-corrected chi connectivity index (χ4v) is 2.87. The maximum atomic E-state index is 12.2. The van der Waals surface area contributed by atoms with Crippen molar-refractivity contribution in [1.82, 2.24) is 0 Å². The van der Waals surface area contributed by atoms with Crippen LogP contribution < -0.4 is 10.1 Å². The molecule has 0 heterocycles. The van der Waals surface area contributed by atoms with E-state index in [0.29, 0.717) is 6.42 Å². The molecule has 0 unspecified atom stereocenters. The minimum absolute atomic E-state index is 0.0189. The number of hydrogen-bond acceptors (Lipinski definition) is 2. The van der Waals surface area contributed by atoms with Gasteiger partial charge in [0, 0.05) is 12.1 Å². The van der Waals surface area contributed by atoms with Gasteiger partial charge in [0.15, 0.2) is 0 Å². The molecule has 0 saturated carbocycles. The van der Waals surface area contributed by atoms with Crippen LogP contribution in [-0.2, 0) is 11.2 Å². The molecule has 25 heavy (non-hydrogen) atoms. The number of fused-ring (bicyclic) bond motifs is 1. The quantitative estimate of drug-likeness (QED) is 0.673. The van der Waals surface area contributed by atoms with Gasteiger partial charge in [-0.25, -0.2) is 0 Å². The zero-order valence-electron chi connectivity index (χ0n) is 14.7. The molecule has 128 valence electrons. The van der Waals surface area contributed by atoms with Crippen molar-refractivity contribution in [1.29, 1.82) is 0 Å². The monoisotopic (exact) mass is 333 g/mol. The molecule has 0 aliphatic heterocycles. The number of aryl methyl sites for hydroxylation is 1. The number of nitrogens with one attached hydrogen (secondary N) is 1. The van der Waals surface area contributed by atoms with Crippen molar-refractivity contribution in [3.8, 4) is 5.75 Å². The zero-order chi connectivity index (χ0) is 17.6. The standard InChI is InChI=1S/C22H23NO2/c1-16(2)25-20-13-11-19(12-14-20)23-22(24)15-10-18-8-5-7-17-6-3-4-9-21(17)18/h3-9,11-14,16H,10,15H2,1-2H3,(H,23,24). The van der Waals surface area contributed by atoms with E-state index in [4.69, 9.17) is 4.74 Å². The highest BCUT2D eigenvalue weighted by Crippen LogP contribution is 2.20. The van der Waals surface area contributed by atoms with Crippen molar-refractivity contribution in [2.24, 2.45) is 0 Å². The Morgan fingerprint density at radius 3 is 2.44 bits per heavy atom. The molecule has 0 atom stereocenters. The van der Waals surface area contributed by atoms with Crippen molar-refractivity contribution < 1.29 is 9.53 Å². The second-order valence-corrected chi connectivity index (χ2v) is 6.38. The van der Waals surface area contributed by atoms with Gasteiger partial charge in [-0.15, -0.1) is 0 Å². The van der Waals surface area contributed by atoms with Crippen LogP contribution >= 0.6 is 0 Å². The zero-order valence-corrected chi connectivity index (χ0v) is 14.7. The molecule has 0 fully saturated rings. The van der Waals surface area contributed by atoms with Crippen molar-refractivity contribution >= 4 is 22.4 Å². The lowest BCUT2D eigenvalue weighted by molar-refractivity contribution is -0.116. The average molecular weight is 333 g/mol. The van der Waals surface area contributed by atoms with Gasteiger partial charge in [-0.1, -0.05) is 42.5 Å². The van der Waals surface area contributed by atoms with E-state index in [0.717, 1.165) is 17.9 Å². The van der Waals surface area contributed by atoms with E-state index in [1.807, 2.05) is 56.3 Å². The van der Waals surface area contributed by atoms with E-state index in [9.17, 15) is 4.79 Å². The molecular weight excluding hydrogens is 310 g/mol. The maximum absolute atomic E-state index is 12.2. The van der Waals surface area contributed by atoms with Crippen molar-refractivity contribution in [2.45, 2.75) is 32.8 Å². The van der Waals surface area contributed by atoms with Crippen LogP contribution in [0, 0.1) is 0 Å². The van der Waals surface area contributed by atoms with Crippen molar-refractivity contribution in [3.63, 3.8) is 0 Å². The summed E-state index contributed by atoms with van der Waals surface area (Å²) in [5.74, 6) is 0.828. The van der Waals surface area contributed by atoms with Crippen LogP contribution in [-0.4, -0.2) is 12.0 Å². The number of benzene rings is 3. The SMILES string of the molecule is CC(C)Oc1ccc(NC(=O)CCc2cccc3ccccc23)cc1. The number of carbonyl (C=O) groups is 1. The van der Waals surface area contributed by atoms with E-state index < -0.39 is 0 Å². The van der Waals surface area contributed by atoms with Gasteiger partial charge in [0.05, 0.1) is 6.10 Å². The van der Waals surface area contributed by atoms with Gasteiger partial charge in [0.2, 0.25) is 5.91 Å². The highest BCUT2D eigenvalue weighted by atomic mass is 16.5. The van der Waals surface area contributed by atoms with Crippen LogP contribution in [0.1, 0.15) is 25.8 Å². The lowest BCUT2D eigenvalue weighted by Crippen LogP contribution is -2.12. The van der Waals surface area contributed by atoms with Crippen LogP contribution in [0.25, 0.3) is 10.8 Å². The molecule has 3 nitrogen and oxygen atoms in total. The average Bonchev–Trinajstić information content (AvgIpc) is 2.61. The Kier molecular flexibility index (Phi) is 5.34. The lowest BCUT2D eigenvalue weighted by atomic mass is 10.0. The molecule has 0 aliphatic rings. The predicted molar refractivity (Wildman–Crippen MR) is 103 cm³/mol. The van der Waals surface area contributed by atoms with Crippen molar-refractivity contribution in [3.05, 3.63) is 72.3 Å². The number of anilines is 1.